The van der Waals surface area contributed by atoms with Gasteiger partial charge in [0.2, 0.25) is 0 Å². The highest BCUT2D eigenvalue weighted by molar-refractivity contribution is 5.93. The van der Waals surface area contributed by atoms with Crippen LogP contribution in [0.15, 0.2) is 18.2 Å². The molecule has 0 aliphatic rings. The molecule has 0 radical (unpaired) electrons. The van der Waals surface area contributed by atoms with Gasteiger partial charge in [0.05, 0.1) is 5.52 Å². The Labute approximate surface area is 107 Å². The Hall–Kier alpha value is -1.64. The number of fused-ring (bicyclic) bond motifs is 1. The summed E-state index contributed by atoms with van der Waals surface area (Å²) in [6.45, 7) is 8.27. The van der Waals surface area contributed by atoms with Crippen LogP contribution in [0, 0.1) is 12.7 Å². The first-order chi connectivity index (χ1) is 8.32. The van der Waals surface area contributed by atoms with Crippen molar-refractivity contribution in [2.45, 2.75) is 33.1 Å². The maximum absolute atomic E-state index is 13.5. The van der Waals surface area contributed by atoms with Crippen molar-refractivity contribution < 1.29 is 4.39 Å². The van der Waals surface area contributed by atoms with Crippen molar-refractivity contribution in [3.63, 3.8) is 0 Å². The molecule has 96 valence electrons. The highest BCUT2D eigenvalue weighted by Crippen LogP contribution is 2.31. The zero-order valence-corrected chi connectivity index (χ0v) is 11.6. The Balaban J connectivity index is 2.84. The van der Waals surface area contributed by atoms with Crippen LogP contribution in [-0.4, -0.2) is 12.0 Å². The zero-order valence-electron chi connectivity index (χ0n) is 11.6. The Morgan fingerprint density at radius 1 is 1.17 bits per heavy atom. The van der Waals surface area contributed by atoms with E-state index in [0.717, 1.165) is 27.8 Å². The third-order valence-electron chi connectivity index (χ3n) is 3.11. The van der Waals surface area contributed by atoms with Gasteiger partial charge >= 0.3 is 0 Å². The van der Waals surface area contributed by atoms with E-state index in [1.807, 2.05) is 20.0 Å². The van der Waals surface area contributed by atoms with Crippen LogP contribution in [0.2, 0.25) is 0 Å². The second-order valence-electron chi connectivity index (χ2n) is 5.67. The van der Waals surface area contributed by atoms with E-state index in [-0.39, 0.29) is 11.2 Å². The quantitative estimate of drug-likeness (QED) is 0.822. The molecule has 2 aromatic rings. The molecule has 1 aromatic heterocycles. The van der Waals surface area contributed by atoms with Crippen LogP contribution in [0.1, 0.15) is 32.0 Å². The molecular weight excluding hydrogens is 227 g/mol. The van der Waals surface area contributed by atoms with Gasteiger partial charge in [-0.05, 0) is 30.7 Å². The number of halogens is 1. The summed E-state index contributed by atoms with van der Waals surface area (Å²) in [5.41, 5.74) is 3.64. The Morgan fingerprint density at radius 2 is 1.83 bits per heavy atom. The minimum absolute atomic E-state index is 0.0272. The second kappa shape index (κ2) is 4.23. The van der Waals surface area contributed by atoms with Gasteiger partial charge in [-0.1, -0.05) is 20.8 Å². The Kier molecular flexibility index (Phi) is 3.01. The highest BCUT2D eigenvalue weighted by Gasteiger charge is 2.18. The zero-order chi connectivity index (χ0) is 13.5. The fourth-order valence-corrected chi connectivity index (χ4v) is 2.05. The molecule has 0 aliphatic heterocycles. The summed E-state index contributed by atoms with van der Waals surface area (Å²) >= 11 is 0. The number of anilines is 1. The van der Waals surface area contributed by atoms with Gasteiger partial charge in [-0.2, -0.15) is 0 Å². The second-order valence-corrected chi connectivity index (χ2v) is 5.67. The van der Waals surface area contributed by atoms with E-state index in [9.17, 15) is 4.39 Å². The lowest BCUT2D eigenvalue weighted by atomic mass is 9.90. The van der Waals surface area contributed by atoms with E-state index in [4.69, 9.17) is 0 Å². The first kappa shape index (κ1) is 12.8. The van der Waals surface area contributed by atoms with Gasteiger partial charge in [0.15, 0.2) is 0 Å². The summed E-state index contributed by atoms with van der Waals surface area (Å²) in [5, 5.41) is 3.97. The number of pyridine rings is 1. The van der Waals surface area contributed by atoms with Crippen molar-refractivity contribution in [2.75, 3.05) is 12.4 Å². The topological polar surface area (TPSA) is 24.9 Å². The summed E-state index contributed by atoms with van der Waals surface area (Å²) in [5.74, 6) is -0.221. The fraction of sp³-hybridized carbons (Fsp3) is 0.400. The highest BCUT2D eigenvalue weighted by atomic mass is 19.1. The lowest BCUT2D eigenvalue weighted by Gasteiger charge is -2.20. The van der Waals surface area contributed by atoms with Gasteiger partial charge < -0.3 is 5.32 Å². The van der Waals surface area contributed by atoms with Crippen LogP contribution >= 0.6 is 0 Å². The predicted octanol–water partition coefficient (Wildman–Crippen LogP) is 4.02. The maximum Gasteiger partial charge on any atom is 0.124 e. The summed E-state index contributed by atoms with van der Waals surface area (Å²) in [4.78, 5) is 4.69. The van der Waals surface area contributed by atoms with E-state index in [2.05, 4.69) is 31.1 Å². The number of aromatic nitrogens is 1. The van der Waals surface area contributed by atoms with Crippen molar-refractivity contribution >= 4 is 16.6 Å². The monoisotopic (exact) mass is 246 g/mol. The molecule has 1 heterocycles. The Bertz CT molecular complexity index is 597. The summed E-state index contributed by atoms with van der Waals surface area (Å²) in [7, 11) is 1.85. The lowest BCUT2D eigenvalue weighted by Crippen LogP contribution is -2.14. The van der Waals surface area contributed by atoms with Crippen LogP contribution in [0.4, 0.5) is 10.1 Å². The molecule has 0 aliphatic carbocycles. The first-order valence-corrected chi connectivity index (χ1v) is 6.12. The van der Waals surface area contributed by atoms with Gasteiger partial charge in [0.25, 0.3) is 0 Å². The van der Waals surface area contributed by atoms with Gasteiger partial charge in [-0.15, -0.1) is 0 Å². The average molecular weight is 246 g/mol. The van der Waals surface area contributed by atoms with E-state index in [1.165, 1.54) is 12.1 Å². The van der Waals surface area contributed by atoms with Crippen molar-refractivity contribution in [1.29, 1.82) is 0 Å². The molecule has 0 unspecified atom stereocenters. The van der Waals surface area contributed by atoms with Crippen molar-refractivity contribution in [3.8, 4) is 0 Å². The number of aryl methyl sites for hydroxylation is 1. The van der Waals surface area contributed by atoms with E-state index < -0.39 is 0 Å². The molecule has 18 heavy (non-hydrogen) atoms. The molecule has 1 aromatic carbocycles. The van der Waals surface area contributed by atoms with Crippen LogP contribution in [-0.2, 0) is 5.41 Å². The number of hydrogen-bond acceptors (Lipinski definition) is 2. The minimum atomic E-state index is -0.221. The molecule has 2 rings (SSSR count). The SMILES string of the molecule is CNc1cc(C(C)(C)C)nc2c(C)cc(F)cc12. The van der Waals surface area contributed by atoms with Crippen molar-refractivity contribution in [1.82, 2.24) is 4.98 Å². The van der Waals surface area contributed by atoms with E-state index >= 15 is 0 Å². The largest absolute Gasteiger partial charge is 0.388 e. The van der Waals surface area contributed by atoms with Crippen LogP contribution in [0.3, 0.4) is 0 Å². The molecule has 0 atom stereocenters. The first-order valence-electron chi connectivity index (χ1n) is 6.12. The molecule has 0 saturated heterocycles. The summed E-state index contributed by atoms with van der Waals surface area (Å²) < 4.78 is 13.5. The molecule has 0 fully saturated rings. The minimum Gasteiger partial charge on any atom is -0.388 e. The van der Waals surface area contributed by atoms with Gasteiger partial charge in [-0.3, -0.25) is 4.98 Å². The average Bonchev–Trinajstić information content (AvgIpc) is 2.26. The van der Waals surface area contributed by atoms with Crippen molar-refractivity contribution in [3.05, 3.63) is 35.3 Å². The fourth-order valence-electron chi connectivity index (χ4n) is 2.05. The maximum atomic E-state index is 13.5. The summed E-state index contributed by atoms with van der Waals surface area (Å²) in [6, 6.07) is 5.07. The van der Waals surface area contributed by atoms with Gasteiger partial charge in [0, 0.05) is 29.2 Å². The Morgan fingerprint density at radius 3 is 2.39 bits per heavy atom. The molecule has 2 nitrogen and oxygen atoms in total. The van der Waals surface area contributed by atoms with E-state index in [1.54, 1.807) is 0 Å². The number of hydrogen-bond donors (Lipinski definition) is 1. The van der Waals surface area contributed by atoms with Crippen LogP contribution in [0.25, 0.3) is 10.9 Å². The normalized spacial score (nSPS) is 11.9. The number of benzene rings is 1. The molecule has 0 bridgehead atoms. The predicted molar refractivity (Wildman–Crippen MR) is 74.7 cm³/mol. The number of nitrogens with one attached hydrogen (secondary N) is 1. The molecular formula is C15H19FN2. The smallest absolute Gasteiger partial charge is 0.124 e. The standard InChI is InChI=1S/C15H19FN2/c1-9-6-10(16)7-11-12(17-5)8-13(15(2,3)4)18-14(9)11/h6-8H,1-5H3,(H,17,18). The van der Waals surface area contributed by atoms with Crippen molar-refractivity contribution in [2.24, 2.45) is 0 Å². The third kappa shape index (κ3) is 2.17. The molecule has 0 saturated carbocycles. The molecule has 1 N–H and O–H groups in total. The van der Waals surface area contributed by atoms with Crippen LogP contribution < -0.4 is 5.32 Å². The third-order valence-corrected chi connectivity index (χ3v) is 3.11. The van der Waals surface area contributed by atoms with E-state index in [0.29, 0.717) is 0 Å². The summed E-state index contributed by atoms with van der Waals surface area (Å²) in [6.07, 6.45) is 0. The van der Waals surface area contributed by atoms with Gasteiger partial charge in [-0.25, -0.2) is 4.39 Å². The molecule has 3 heteroatoms. The molecule has 0 amide bonds. The van der Waals surface area contributed by atoms with Crippen LogP contribution in [0.5, 0.6) is 0 Å². The lowest BCUT2D eigenvalue weighted by molar-refractivity contribution is 0.571. The number of nitrogens with zero attached hydrogens (tertiary/aromatic N) is 1. The molecule has 0 spiro atoms. The number of rotatable bonds is 1. The van der Waals surface area contributed by atoms with Gasteiger partial charge in [0.1, 0.15) is 5.82 Å².